The van der Waals surface area contributed by atoms with Crippen LogP contribution in [0.4, 0.5) is 8.78 Å². The molecule has 1 aliphatic rings. The van der Waals surface area contributed by atoms with Gasteiger partial charge in [0.05, 0.1) is 13.7 Å². The van der Waals surface area contributed by atoms with Gasteiger partial charge >= 0.3 is 5.97 Å². The Morgan fingerprint density at radius 1 is 1.47 bits per heavy atom. The van der Waals surface area contributed by atoms with Crippen molar-refractivity contribution < 1.29 is 23.1 Å². The predicted octanol–water partition coefficient (Wildman–Crippen LogP) is 1.44. The van der Waals surface area contributed by atoms with Crippen LogP contribution in [-0.4, -0.2) is 42.9 Å². The van der Waals surface area contributed by atoms with Crippen LogP contribution in [0.2, 0.25) is 0 Å². The van der Waals surface area contributed by atoms with Crippen LogP contribution in [0.5, 0.6) is 0 Å². The van der Waals surface area contributed by atoms with Gasteiger partial charge in [-0.1, -0.05) is 6.92 Å². The Labute approximate surface area is 98.9 Å². The highest BCUT2D eigenvalue weighted by Crippen LogP contribution is 2.27. The summed E-state index contributed by atoms with van der Waals surface area (Å²) in [5.41, 5.74) is 0. The first-order valence-corrected chi connectivity index (χ1v) is 5.65. The quantitative estimate of drug-likeness (QED) is 0.561. The van der Waals surface area contributed by atoms with Gasteiger partial charge in [0.1, 0.15) is 5.92 Å². The van der Waals surface area contributed by atoms with Crippen LogP contribution in [-0.2, 0) is 14.3 Å². The third-order valence-corrected chi connectivity index (χ3v) is 2.90. The van der Waals surface area contributed by atoms with E-state index in [1.807, 2.05) is 0 Å². The van der Waals surface area contributed by atoms with Gasteiger partial charge in [-0.25, -0.2) is 8.78 Å². The molecule has 1 fully saturated rings. The molecule has 0 N–H and O–H groups in total. The highest BCUT2D eigenvalue weighted by atomic mass is 19.3. The molecule has 0 aliphatic carbocycles. The molecule has 0 radical (unpaired) electrons. The molecule has 1 rings (SSSR count). The van der Waals surface area contributed by atoms with Crippen LogP contribution in [0.3, 0.4) is 0 Å². The van der Waals surface area contributed by atoms with Crippen LogP contribution >= 0.6 is 0 Å². The molecular formula is C11H17F2NO3. The van der Waals surface area contributed by atoms with Crippen LogP contribution in [0, 0.1) is 5.92 Å². The molecule has 0 saturated carbocycles. The second-order valence-corrected chi connectivity index (χ2v) is 4.20. The van der Waals surface area contributed by atoms with Gasteiger partial charge in [0, 0.05) is 13.0 Å². The Hall–Kier alpha value is -1.20. The van der Waals surface area contributed by atoms with Crippen molar-refractivity contribution in [1.82, 2.24) is 4.90 Å². The lowest BCUT2D eigenvalue weighted by molar-refractivity contribution is -0.158. The van der Waals surface area contributed by atoms with E-state index in [9.17, 15) is 18.4 Å². The van der Waals surface area contributed by atoms with Crippen LogP contribution in [0.25, 0.3) is 0 Å². The Balaban J connectivity index is 2.71. The molecule has 0 aromatic rings. The van der Waals surface area contributed by atoms with Crippen molar-refractivity contribution in [2.75, 3.05) is 20.2 Å². The first-order chi connectivity index (χ1) is 7.91. The van der Waals surface area contributed by atoms with E-state index in [0.717, 1.165) is 4.90 Å². The molecule has 0 aromatic carbocycles. The van der Waals surface area contributed by atoms with Crippen molar-refractivity contribution >= 4 is 11.9 Å². The summed E-state index contributed by atoms with van der Waals surface area (Å²) < 4.78 is 30.8. The van der Waals surface area contributed by atoms with E-state index in [1.54, 1.807) is 6.92 Å². The van der Waals surface area contributed by atoms with Gasteiger partial charge in [-0.2, -0.15) is 0 Å². The molecule has 6 heteroatoms. The van der Waals surface area contributed by atoms with Gasteiger partial charge in [-0.3, -0.25) is 9.59 Å². The zero-order chi connectivity index (χ0) is 13.1. The lowest BCUT2D eigenvalue weighted by Gasteiger charge is -2.33. The average molecular weight is 249 g/mol. The lowest BCUT2D eigenvalue weighted by atomic mass is 10.0. The van der Waals surface area contributed by atoms with Gasteiger partial charge in [0.15, 0.2) is 0 Å². The molecule has 0 bridgehead atoms. The number of halogens is 2. The molecule has 98 valence electrons. The third kappa shape index (κ3) is 3.38. The zero-order valence-corrected chi connectivity index (χ0v) is 10.0. The summed E-state index contributed by atoms with van der Waals surface area (Å²) in [5, 5.41) is 0. The highest BCUT2D eigenvalue weighted by molar-refractivity contribution is 5.97. The van der Waals surface area contributed by atoms with E-state index in [-0.39, 0.29) is 25.8 Å². The molecule has 0 spiro atoms. The zero-order valence-electron chi connectivity index (χ0n) is 10.0. The fraction of sp³-hybridized carbons (Fsp3) is 0.818. The Kier molecular flexibility index (Phi) is 4.42. The van der Waals surface area contributed by atoms with E-state index in [1.165, 1.54) is 7.11 Å². The molecule has 1 saturated heterocycles. The fourth-order valence-electron chi connectivity index (χ4n) is 1.96. The van der Waals surface area contributed by atoms with Crippen LogP contribution in [0.1, 0.15) is 26.2 Å². The number of amides is 1. The molecule has 17 heavy (non-hydrogen) atoms. The van der Waals surface area contributed by atoms with E-state index in [0.29, 0.717) is 0 Å². The summed E-state index contributed by atoms with van der Waals surface area (Å²) in [5.74, 6) is -5.03. The molecule has 1 amide bonds. The molecule has 0 aromatic heterocycles. The number of methoxy groups -OCH3 is 1. The molecule has 4 nitrogen and oxygen atoms in total. The van der Waals surface area contributed by atoms with E-state index in [2.05, 4.69) is 4.74 Å². The van der Waals surface area contributed by atoms with Crippen molar-refractivity contribution in [3.8, 4) is 0 Å². The number of carbonyl (C=O) groups excluding carboxylic acids is 2. The monoisotopic (exact) mass is 249 g/mol. The summed E-state index contributed by atoms with van der Waals surface area (Å²) in [6.07, 6.45) is 0.315. The summed E-state index contributed by atoms with van der Waals surface area (Å²) in [6, 6.07) is 0. The summed E-state index contributed by atoms with van der Waals surface area (Å²) in [6.45, 7) is 1.34. The maximum absolute atomic E-state index is 13.2. The number of carbonyl (C=O) groups is 2. The topological polar surface area (TPSA) is 46.6 Å². The van der Waals surface area contributed by atoms with Crippen molar-refractivity contribution in [3.63, 3.8) is 0 Å². The van der Waals surface area contributed by atoms with Crippen molar-refractivity contribution in [3.05, 3.63) is 0 Å². The standard InChI is InChI=1S/C11H17F2NO3/c1-3-8(10(16)17-2)9(15)14-6-4-5-11(12,13)7-14/h8H,3-7H2,1-2H3. The van der Waals surface area contributed by atoms with Gasteiger partial charge < -0.3 is 9.64 Å². The van der Waals surface area contributed by atoms with Gasteiger partial charge in [0.2, 0.25) is 5.91 Å². The number of nitrogens with zero attached hydrogens (tertiary/aromatic N) is 1. The predicted molar refractivity (Wildman–Crippen MR) is 56.6 cm³/mol. The number of hydrogen-bond acceptors (Lipinski definition) is 3. The lowest BCUT2D eigenvalue weighted by Crippen LogP contribution is -2.49. The first-order valence-electron chi connectivity index (χ1n) is 5.65. The molecule has 1 aliphatic heterocycles. The van der Waals surface area contributed by atoms with E-state index in [4.69, 9.17) is 0 Å². The van der Waals surface area contributed by atoms with Crippen LogP contribution < -0.4 is 0 Å². The number of esters is 1. The van der Waals surface area contributed by atoms with Crippen molar-refractivity contribution in [2.24, 2.45) is 5.92 Å². The minimum atomic E-state index is -2.84. The number of piperidine rings is 1. The van der Waals surface area contributed by atoms with E-state index >= 15 is 0 Å². The minimum Gasteiger partial charge on any atom is -0.468 e. The smallest absolute Gasteiger partial charge is 0.318 e. The highest BCUT2D eigenvalue weighted by Gasteiger charge is 2.40. The van der Waals surface area contributed by atoms with Gasteiger partial charge in [-0.05, 0) is 12.8 Å². The van der Waals surface area contributed by atoms with Crippen molar-refractivity contribution in [1.29, 1.82) is 0 Å². The first kappa shape index (κ1) is 13.9. The number of hydrogen-bond donors (Lipinski definition) is 0. The average Bonchev–Trinajstić information content (AvgIpc) is 2.28. The van der Waals surface area contributed by atoms with Gasteiger partial charge in [0.25, 0.3) is 5.92 Å². The molecule has 1 heterocycles. The molecule has 1 atom stereocenters. The van der Waals surface area contributed by atoms with Crippen LogP contribution in [0.15, 0.2) is 0 Å². The number of likely N-dealkylation sites (tertiary alicyclic amines) is 1. The van der Waals surface area contributed by atoms with E-state index < -0.39 is 30.3 Å². The number of rotatable bonds is 3. The Morgan fingerprint density at radius 2 is 2.12 bits per heavy atom. The molecular weight excluding hydrogens is 232 g/mol. The number of ether oxygens (including phenoxy) is 1. The maximum Gasteiger partial charge on any atom is 0.318 e. The minimum absolute atomic E-state index is 0.203. The second kappa shape index (κ2) is 5.42. The summed E-state index contributed by atoms with van der Waals surface area (Å²) in [7, 11) is 1.18. The Morgan fingerprint density at radius 3 is 2.59 bits per heavy atom. The molecule has 1 unspecified atom stereocenters. The van der Waals surface area contributed by atoms with Crippen molar-refractivity contribution in [2.45, 2.75) is 32.1 Å². The number of alkyl halides is 2. The fourth-order valence-corrected chi connectivity index (χ4v) is 1.96. The SMILES string of the molecule is CCC(C(=O)OC)C(=O)N1CCCC(F)(F)C1. The summed E-state index contributed by atoms with van der Waals surface area (Å²) >= 11 is 0. The van der Waals surface area contributed by atoms with Gasteiger partial charge in [-0.15, -0.1) is 0 Å². The summed E-state index contributed by atoms with van der Waals surface area (Å²) in [4.78, 5) is 24.3. The normalized spacial score (nSPS) is 20.8. The Bertz CT molecular complexity index is 307. The third-order valence-electron chi connectivity index (χ3n) is 2.90. The largest absolute Gasteiger partial charge is 0.468 e. The second-order valence-electron chi connectivity index (χ2n) is 4.20. The maximum atomic E-state index is 13.2.